The topological polar surface area (TPSA) is 52.3 Å². The molecule has 0 spiro atoms. The van der Waals surface area contributed by atoms with Gasteiger partial charge in [-0.1, -0.05) is 36.4 Å². The molecule has 16 heavy (non-hydrogen) atoms. The molecule has 86 valence electrons. The van der Waals surface area contributed by atoms with E-state index in [4.69, 9.17) is 10.5 Å². The Morgan fingerprint density at radius 3 is 2.69 bits per heavy atom. The van der Waals surface area contributed by atoms with Gasteiger partial charge in [0.25, 0.3) is 0 Å². The summed E-state index contributed by atoms with van der Waals surface area (Å²) in [6, 6.07) is 8.94. The van der Waals surface area contributed by atoms with Crippen LogP contribution in [-0.2, 0) is 9.53 Å². The monoisotopic (exact) mass is 219 g/mol. The number of carbonyl (C=O) groups excluding carboxylic acids is 1. The Kier molecular flexibility index (Phi) is 4.73. The highest BCUT2D eigenvalue weighted by Gasteiger charge is 2.17. The summed E-state index contributed by atoms with van der Waals surface area (Å²) in [5.41, 5.74) is 6.57. The predicted molar refractivity (Wildman–Crippen MR) is 63.7 cm³/mol. The Hall–Kier alpha value is -1.61. The number of benzene rings is 1. The lowest BCUT2D eigenvalue weighted by Gasteiger charge is -2.16. The third-order valence-electron chi connectivity index (χ3n) is 2.29. The lowest BCUT2D eigenvalue weighted by molar-refractivity contribution is -0.150. The summed E-state index contributed by atoms with van der Waals surface area (Å²) in [6.07, 6.45) is 1.77. The number of esters is 1. The maximum atomic E-state index is 11.5. The highest BCUT2D eigenvalue weighted by atomic mass is 16.5. The fourth-order valence-electron chi connectivity index (χ4n) is 1.33. The van der Waals surface area contributed by atoms with Crippen LogP contribution in [0.2, 0.25) is 0 Å². The molecule has 0 radical (unpaired) electrons. The van der Waals surface area contributed by atoms with Crippen LogP contribution in [0.1, 0.15) is 25.0 Å². The Bertz CT molecular complexity index is 348. The van der Waals surface area contributed by atoms with Gasteiger partial charge < -0.3 is 10.5 Å². The van der Waals surface area contributed by atoms with Gasteiger partial charge in [0.15, 0.2) is 0 Å². The Balaban J connectivity index is 2.55. The number of nitrogens with two attached hydrogens (primary N) is 1. The minimum Gasteiger partial charge on any atom is -0.457 e. The number of hydrogen-bond acceptors (Lipinski definition) is 3. The van der Waals surface area contributed by atoms with Crippen LogP contribution in [0.4, 0.5) is 0 Å². The molecule has 3 heteroatoms. The van der Waals surface area contributed by atoms with Crippen LogP contribution in [0.15, 0.2) is 43.0 Å². The maximum Gasteiger partial charge on any atom is 0.323 e. The van der Waals surface area contributed by atoms with Crippen molar-refractivity contribution in [1.29, 1.82) is 0 Å². The van der Waals surface area contributed by atoms with Crippen molar-refractivity contribution in [2.75, 3.05) is 0 Å². The van der Waals surface area contributed by atoms with Gasteiger partial charge in [0, 0.05) is 0 Å². The lowest BCUT2D eigenvalue weighted by atomic mass is 10.1. The van der Waals surface area contributed by atoms with Gasteiger partial charge in [-0.05, 0) is 18.9 Å². The summed E-state index contributed by atoms with van der Waals surface area (Å²) in [5, 5.41) is 0. The van der Waals surface area contributed by atoms with Crippen LogP contribution in [0.5, 0.6) is 0 Å². The number of hydrogen-bond donors (Lipinski definition) is 1. The zero-order chi connectivity index (χ0) is 12.0. The smallest absolute Gasteiger partial charge is 0.323 e. The van der Waals surface area contributed by atoms with E-state index in [1.54, 1.807) is 6.08 Å². The standard InChI is InChI=1S/C13H17NO2/c1-3-7-12(14)13(15)16-10(2)11-8-5-4-6-9-11/h3-6,8-10,12H,1,7,14H2,2H3. The molecule has 3 nitrogen and oxygen atoms in total. The van der Waals surface area contributed by atoms with E-state index in [1.807, 2.05) is 37.3 Å². The molecule has 0 saturated heterocycles. The molecule has 0 bridgehead atoms. The lowest BCUT2D eigenvalue weighted by Crippen LogP contribution is -2.32. The molecule has 0 amide bonds. The molecule has 2 N–H and O–H groups in total. The molecule has 0 aliphatic heterocycles. The van der Waals surface area contributed by atoms with Crippen molar-refractivity contribution in [1.82, 2.24) is 0 Å². The summed E-state index contributed by atoms with van der Waals surface area (Å²) < 4.78 is 5.24. The first-order valence-corrected chi connectivity index (χ1v) is 5.27. The molecule has 0 aromatic heterocycles. The maximum absolute atomic E-state index is 11.5. The third kappa shape index (κ3) is 3.51. The molecule has 0 heterocycles. The summed E-state index contributed by atoms with van der Waals surface area (Å²) >= 11 is 0. The minimum absolute atomic E-state index is 0.274. The zero-order valence-corrected chi connectivity index (χ0v) is 9.43. The van der Waals surface area contributed by atoms with Crippen LogP contribution in [-0.4, -0.2) is 12.0 Å². The van der Waals surface area contributed by atoms with Gasteiger partial charge in [0.05, 0.1) is 0 Å². The van der Waals surface area contributed by atoms with Gasteiger partial charge in [-0.15, -0.1) is 6.58 Å². The van der Waals surface area contributed by atoms with Crippen molar-refractivity contribution in [2.45, 2.75) is 25.5 Å². The van der Waals surface area contributed by atoms with E-state index in [2.05, 4.69) is 6.58 Å². The van der Waals surface area contributed by atoms with Gasteiger partial charge in [-0.3, -0.25) is 4.79 Å². The van der Waals surface area contributed by atoms with Gasteiger partial charge in [-0.25, -0.2) is 0 Å². The fourth-order valence-corrected chi connectivity index (χ4v) is 1.33. The van der Waals surface area contributed by atoms with Crippen LogP contribution in [0.25, 0.3) is 0 Å². The summed E-state index contributed by atoms with van der Waals surface area (Å²) in [6.45, 7) is 5.36. The number of rotatable bonds is 5. The van der Waals surface area contributed by atoms with E-state index in [0.717, 1.165) is 5.56 Å². The molecule has 0 aliphatic carbocycles. The van der Waals surface area contributed by atoms with Gasteiger partial charge in [-0.2, -0.15) is 0 Å². The van der Waals surface area contributed by atoms with E-state index in [9.17, 15) is 4.79 Å². The Morgan fingerprint density at radius 1 is 1.50 bits per heavy atom. The van der Waals surface area contributed by atoms with E-state index in [-0.39, 0.29) is 6.10 Å². The minimum atomic E-state index is -0.622. The van der Waals surface area contributed by atoms with Crippen LogP contribution < -0.4 is 5.73 Å². The van der Waals surface area contributed by atoms with E-state index in [0.29, 0.717) is 6.42 Å². The van der Waals surface area contributed by atoms with E-state index < -0.39 is 12.0 Å². The normalized spacial score (nSPS) is 13.9. The SMILES string of the molecule is C=CCC(N)C(=O)OC(C)c1ccccc1. The molecule has 2 unspecified atom stereocenters. The second-order valence-electron chi connectivity index (χ2n) is 3.62. The number of carbonyl (C=O) groups is 1. The molecule has 1 aromatic carbocycles. The molecule has 1 rings (SSSR count). The highest BCUT2D eigenvalue weighted by Crippen LogP contribution is 2.16. The van der Waals surface area contributed by atoms with Crippen molar-refractivity contribution in [3.05, 3.63) is 48.6 Å². The first-order valence-electron chi connectivity index (χ1n) is 5.27. The average molecular weight is 219 g/mol. The second-order valence-corrected chi connectivity index (χ2v) is 3.62. The van der Waals surface area contributed by atoms with Crippen molar-refractivity contribution in [3.8, 4) is 0 Å². The van der Waals surface area contributed by atoms with Crippen LogP contribution in [0.3, 0.4) is 0 Å². The fraction of sp³-hybridized carbons (Fsp3) is 0.308. The van der Waals surface area contributed by atoms with Crippen molar-refractivity contribution >= 4 is 5.97 Å². The highest BCUT2D eigenvalue weighted by molar-refractivity contribution is 5.75. The molecule has 1 aromatic rings. The average Bonchev–Trinajstić information content (AvgIpc) is 2.30. The molecule has 0 aliphatic rings. The predicted octanol–water partition coefficient (Wildman–Crippen LogP) is 2.19. The summed E-state index contributed by atoms with van der Waals surface area (Å²) in [5.74, 6) is -0.392. The zero-order valence-electron chi connectivity index (χ0n) is 9.43. The van der Waals surface area contributed by atoms with E-state index in [1.165, 1.54) is 0 Å². The number of ether oxygens (including phenoxy) is 1. The van der Waals surface area contributed by atoms with Crippen LogP contribution in [0, 0.1) is 0 Å². The Labute approximate surface area is 95.9 Å². The van der Waals surface area contributed by atoms with Crippen molar-refractivity contribution in [3.63, 3.8) is 0 Å². The second kappa shape index (κ2) is 6.08. The quantitative estimate of drug-likeness (QED) is 0.610. The van der Waals surface area contributed by atoms with Gasteiger partial charge in [0.2, 0.25) is 0 Å². The molecule has 0 saturated carbocycles. The van der Waals surface area contributed by atoms with Gasteiger partial charge >= 0.3 is 5.97 Å². The molecule has 0 fully saturated rings. The van der Waals surface area contributed by atoms with Crippen LogP contribution >= 0.6 is 0 Å². The van der Waals surface area contributed by atoms with Crippen molar-refractivity contribution in [2.24, 2.45) is 5.73 Å². The molecular weight excluding hydrogens is 202 g/mol. The first kappa shape index (κ1) is 12.5. The molecular formula is C13H17NO2. The summed E-state index contributed by atoms with van der Waals surface area (Å²) in [4.78, 5) is 11.5. The molecule has 2 atom stereocenters. The van der Waals surface area contributed by atoms with Gasteiger partial charge in [0.1, 0.15) is 12.1 Å². The summed E-state index contributed by atoms with van der Waals surface area (Å²) in [7, 11) is 0. The Morgan fingerprint density at radius 2 is 2.12 bits per heavy atom. The first-order chi connectivity index (χ1) is 7.65. The largest absolute Gasteiger partial charge is 0.457 e. The third-order valence-corrected chi connectivity index (χ3v) is 2.29. The van der Waals surface area contributed by atoms with E-state index >= 15 is 0 Å². The van der Waals surface area contributed by atoms with Crippen molar-refractivity contribution < 1.29 is 9.53 Å².